The van der Waals surface area contributed by atoms with Gasteiger partial charge in [-0.15, -0.1) is 0 Å². The molecule has 0 aliphatic carbocycles. The molecular formula is C32H31N5O2. The molecule has 0 atom stereocenters. The van der Waals surface area contributed by atoms with E-state index in [4.69, 9.17) is 10.5 Å². The highest BCUT2D eigenvalue weighted by molar-refractivity contribution is 5.93. The minimum absolute atomic E-state index is 0.198. The Morgan fingerprint density at radius 3 is 2.54 bits per heavy atom. The van der Waals surface area contributed by atoms with E-state index in [0.717, 1.165) is 43.4 Å². The molecule has 1 amide bonds. The van der Waals surface area contributed by atoms with Gasteiger partial charge >= 0.3 is 0 Å². The Bertz CT molecular complexity index is 1800. The molecule has 0 saturated carbocycles. The van der Waals surface area contributed by atoms with Crippen molar-refractivity contribution < 1.29 is 9.53 Å². The van der Waals surface area contributed by atoms with E-state index in [2.05, 4.69) is 64.0 Å². The van der Waals surface area contributed by atoms with E-state index in [1.165, 1.54) is 5.56 Å². The number of carbonyl (C=O) groups excluding carboxylic acids is 1. The van der Waals surface area contributed by atoms with E-state index < -0.39 is 0 Å². The number of benzene rings is 4. The smallest absolute Gasteiger partial charge is 0.272 e. The summed E-state index contributed by atoms with van der Waals surface area (Å²) in [6, 6.07) is 26.7. The predicted molar refractivity (Wildman–Crippen MR) is 155 cm³/mol. The molecule has 39 heavy (non-hydrogen) atoms. The lowest BCUT2D eigenvalue weighted by atomic mass is 10.0. The van der Waals surface area contributed by atoms with Crippen LogP contribution in [0.25, 0.3) is 33.8 Å². The van der Waals surface area contributed by atoms with Crippen molar-refractivity contribution in [1.82, 2.24) is 20.0 Å². The van der Waals surface area contributed by atoms with Crippen molar-refractivity contribution in [3.63, 3.8) is 0 Å². The average molecular weight is 518 g/mol. The standard InChI is InChI=1S/C32H31N5O2/c1-39-30-14-13-24(26-11-4-5-12-27(26)30)20-36-17-15-29-28(21-36)31(35-37(29)18-16-33)32(38)34-19-23-9-6-8-22-7-2-3-10-25(22)23/h2-15,21H,16-20,33H2,1H3,(H,34,38). The van der Waals surface area contributed by atoms with Crippen molar-refractivity contribution in [2.75, 3.05) is 20.2 Å². The average Bonchev–Trinajstić information content (AvgIpc) is 3.34. The number of hydrogen-bond acceptors (Lipinski definition) is 5. The van der Waals surface area contributed by atoms with Crippen LogP contribution in [0.1, 0.15) is 21.6 Å². The molecule has 5 aromatic rings. The largest absolute Gasteiger partial charge is 0.496 e. The quantitative estimate of drug-likeness (QED) is 0.330. The predicted octanol–water partition coefficient (Wildman–Crippen LogP) is 3.12. The summed E-state index contributed by atoms with van der Waals surface area (Å²) in [6.45, 7) is 2.82. The molecule has 0 unspecified atom stereocenters. The van der Waals surface area contributed by atoms with E-state index >= 15 is 0 Å². The molecule has 0 radical (unpaired) electrons. The first-order chi connectivity index (χ1) is 19.2. The van der Waals surface area contributed by atoms with Gasteiger partial charge in [-0.3, -0.25) is 9.48 Å². The van der Waals surface area contributed by atoms with E-state index in [9.17, 15) is 4.79 Å². The maximum Gasteiger partial charge on any atom is 0.272 e. The zero-order valence-corrected chi connectivity index (χ0v) is 21.9. The van der Waals surface area contributed by atoms with Crippen molar-refractivity contribution in [3.8, 4) is 5.75 Å². The summed E-state index contributed by atoms with van der Waals surface area (Å²) >= 11 is 0. The van der Waals surface area contributed by atoms with Crippen molar-refractivity contribution in [2.45, 2.75) is 19.6 Å². The molecule has 6 rings (SSSR count). The van der Waals surface area contributed by atoms with Gasteiger partial charge in [-0.2, -0.15) is 5.10 Å². The van der Waals surface area contributed by atoms with Crippen LogP contribution in [0.5, 0.6) is 5.75 Å². The molecule has 2 heterocycles. The fourth-order valence-corrected chi connectivity index (χ4v) is 5.42. The Balaban J connectivity index is 1.31. The molecule has 3 N–H and O–H groups in total. The zero-order valence-electron chi connectivity index (χ0n) is 21.9. The normalized spacial score (nSPS) is 12.6. The fourth-order valence-electron chi connectivity index (χ4n) is 5.42. The Morgan fingerprint density at radius 1 is 0.949 bits per heavy atom. The van der Waals surface area contributed by atoms with Crippen molar-refractivity contribution >= 4 is 39.7 Å². The minimum Gasteiger partial charge on any atom is -0.496 e. The van der Waals surface area contributed by atoms with Gasteiger partial charge in [-0.05, 0) is 39.4 Å². The molecule has 1 aliphatic rings. The molecule has 0 bridgehead atoms. The van der Waals surface area contributed by atoms with Crippen molar-refractivity contribution in [3.05, 3.63) is 106 Å². The number of carbonyl (C=O) groups is 1. The number of methoxy groups -OCH3 is 1. The van der Waals surface area contributed by atoms with Gasteiger partial charge in [-0.1, -0.05) is 72.8 Å². The summed E-state index contributed by atoms with van der Waals surface area (Å²) in [4.78, 5) is 15.7. The number of fused-ring (bicyclic) bond motifs is 3. The second-order valence-corrected chi connectivity index (χ2v) is 9.72. The fraction of sp³-hybridized carbons (Fsp3) is 0.188. The van der Waals surface area contributed by atoms with Gasteiger partial charge in [0.1, 0.15) is 5.75 Å². The molecule has 0 fully saturated rings. The maximum absolute atomic E-state index is 13.5. The third-order valence-corrected chi connectivity index (χ3v) is 7.30. The van der Waals surface area contributed by atoms with Crippen LogP contribution in [0.4, 0.5) is 0 Å². The third kappa shape index (κ3) is 4.73. The number of ether oxygens (including phenoxy) is 1. The Kier molecular flexibility index (Phi) is 6.73. The van der Waals surface area contributed by atoms with Crippen LogP contribution in [-0.2, 0) is 19.6 Å². The van der Waals surface area contributed by atoms with Gasteiger partial charge in [0, 0.05) is 43.0 Å². The molecule has 7 nitrogen and oxygen atoms in total. The topological polar surface area (TPSA) is 85.4 Å². The lowest BCUT2D eigenvalue weighted by molar-refractivity contribution is 0.0944. The van der Waals surface area contributed by atoms with Crippen LogP contribution >= 0.6 is 0 Å². The number of aromatic nitrogens is 2. The van der Waals surface area contributed by atoms with Gasteiger partial charge in [0.05, 0.1) is 19.0 Å². The first-order valence-electron chi connectivity index (χ1n) is 13.2. The molecule has 1 aliphatic heterocycles. The molecule has 0 spiro atoms. The number of nitrogens with one attached hydrogen (secondary N) is 1. The highest BCUT2D eigenvalue weighted by Gasteiger charge is 2.19. The summed E-state index contributed by atoms with van der Waals surface area (Å²) in [7, 11) is 1.70. The van der Waals surface area contributed by atoms with Crippen LogP contribution in [0.2, 0.25) is 0 Å². The van der Waals surface area contributed by atoms with Crippen molar-refractivity contribution in [2.24, 2.45) is 5.73 Å². The summed E-state index contributed by atoms with van der Waals surface area (Å²) in [5, 5.41) is 14.1. The first-order valence-corrected chi connectivity index (χ1v) is 13.2. The summed E-state index contributed by atoms with van der Waals surface area (Å²) < 4.78 is 7.42. The molecule has 0 saturated heterocycles. The number of nitrogens with zero attached hydrogens (tertiary/aromatic N) is 3. The van der Waals surface area contributed by atoms with E-state index in [1.807, 2.05) is 47.1 Å². The summed E-state index contributed by atoms with van der Waals surface area (Å²) in [5.41, 5.74) is 8.54. The van der Waals surface area contributed by atoms with Gasteiger partial charge in [0.25, 0.3) is 5.91 Å². The second kappa shape index (κ2) is 10.6. The minimum atomic E-state index is -0.198. The Hall–Kier alpha value is -4.62. The lowest BCUT2D eigenvalue weighted by Gasteiger charge is -2.22. The Labute approximate surface area is 226 Å². The van der Waals surface area contributed by atoms with E-state index in [-0.39, 0.29) is 5.91 Å². The van der Waals surface area contributed by atoms with Crippen LogP contribution in [0.3, 0.4) is 0 Å². The van der Waals surface area contributed by atoms with E-state index in [1.54, 1.807) is 7.11 Å². The van der Waals surface area contributed by atoms with Crippen LogP contribution in [0.15, 0.2) is 78.9 Å². The van der Waals surface area contributed by atoms with Gasteiger partial charge in [0.15, 0.2) is 5.69 Å². The monoisotopic (exact) mass is 517 g/mol. The highest BCUT2D eigenvalue weighted by atomic mass is 16.5. The Morgan fingerprint density at radius 2 is 1.72 bits per heavy atom. The van der Waals surface area contributed by atoms with Crippen LogP contribution in [-0.4, -0.2) is 40.8 Å². The van der Waals surface area contributed by atoms with Gasteiger partial charge < -0.3 is 20.7 Å². The summed E-state index contributed by atoms with van der Waals surface area (Å²) in [5.74, 6) is 0.662. The zero-order chi connectivity index (χ0) is 26.8. The molecule has 4 aromatic carbocycles. The van der Waals surface area contributed by atoms with Crippen LogP contribution < -0.4 is 26.4 Å². The van der Waals surface area contributed by atoms with Gasteiger partial charge in [-0.25, -0.2) is 0 Å². The SMILES string of the molecule is COc1ccc(CN2C=c3c(C(=O)NCc4cccc5ccccc45)nn(CCN)c3=CC2)c2ccccc12. The number of hydrogen-bond donors (Lipinski definition) is 2. The van der Waals surface area contributed by atoms with Crippen LogP contribution in [0, 0.1) is 0 Å². The molecule has 1 aromatic heterocycles. The maximum atomic E-state index is 13.5. The van der Waals surface area contributed by atoms with Crippen molar-refractivity contribution in [1.29, 1.82) is 0 Å². The lowest BCUT2D eigenvalue weighted by Crippen LogP contribution is -2.41. The third-order valence-electron chi connectivity index (χ3n) is 7.30. The van der Waals surface area contributed by atoms with Gasteiger partial charge in [0.2, 0.25) is 0 Å². The number of amides is 1. The van der Waals surface area contributed by atoms with E-state index in [0.29, 0.717) is 38.4 Å². The number of nitrogens with two attached hydrogens (primary N) is 1. The first kappa shape index (κ1) is 24.7. The highest BCUT2D eigenvalue weighted by Crippen LogP contribution is 2.29. The second-order valence-electron chi connectivity index (χ2n) is 9.72. The number of rotatable bonds is 8. The molecular weight excluding hydrogens is 486 g/mol. The molecule has 196 valence electrons. The molecule has 7 heteroatoms. The summed E-state index contributed by atoms with van der Waals surface area (Å²) in [6.07, 6.45) is 4.19.